The van der Waals surface area contributed by atoms with Gasteiger partial charge in [-0.05, 0) is 46.9 Å². The van der Waals surface area contributed by atoms with Crippen molar-refractivity contribution in [3.05, 3.63) is 89.5 Å². The number of benzene rings is 3. The molecule has 3 aromatic rings. The van der Waals surface area contributed by atoms with Gasteiger partial charge in [0.25, 0.3) is 0 Å². The van der Waals surface area contributed by atoms with Crippen molar-refractivity contribution < 1.29 is 24.2 Å². The van der Waals surface area contributed by atoms with Gasteiger partial charge in [-0.2, -0.15) is 0 Å². The van der Waals surface area contributed by atoms with Gasteiger partial charge in [0, 0.05) is 18.7 Å². The predicted molar refractivity (Wildman–Crippen MR) is 129 cm³/mol. The summed E-state index contributed by atoms with van der Waals surface area (Å²) in [6.07, 6.45) is -0.318. The van der Waals surface area contributed by atoms with Crippen molar-refractivity contribution in [3.8, 4) is 11.1 Å². The number of hydrogen-bond acceptors (Lipinski definition) is 4. The molecule has 0 saturated heterocycles. The number of likely N-dealkylation sites (N-methyl/N-ethyl adjacent to an activating group) is 1. The van der Waals surface area contributed by atoms with Gasteiger partial charge in [-0.25, -0.2) is 9.59 Å². The van der Waals surface area contributed by atoms with Gasteiger partial charge in [0.05, 0.1) is 5.56 Å². The van der Waals surface area contributed by atoms with Crippen molar-refractivity contribution in [2.45, 2.75) is 25.3 Å². The summed E-state index contributed by atoms with van der Waals surface area (Å²) in [5, 5.41) is 11.9. The number of nitrogens with one attached hydrogen (secondary N) is 1. The lowest BCUT2D eigenvalue weighted by Gasteiger charge is -2.24. The van der Waals surface area contributed by atoms with E-state index in [1.165, 1.54) is 17.0 Å². The van der Waals surface area contributed by atoms with Crippen molar-refractivity contribution in [3.63, 3.8) is 0 Å². The van der Waals surface area contributed by atoms with Crippen molar-refractivity contribution in [2.24, 2.45) is 0 Å². The van der Waals surface area contributed by atoms with Crippen LogP contribution in [-0.2, 0) is 9.53 Å². The zero-order valence-corrected chi connectivity index (χ0v) is 19.0. The van der Waals surface area contributed by atoms with Gasteiger partial charge in [-0.3, -0.25) is 4.79 Å². The van der Waals surface area contributed by atoms with Crippen molar-refractivity contribution in [2.75, 3.05) is 18.6 Å². The number of hydrogen-bond donors (Lipinski definition) is 2. The number of carboxylic acids is 1. The van der Waals surface area contributed by atoms with Crippen LogP contribution in [0.1, 0.15) is 40.7 Å². The Balaban J connectivity index is 1.42. The first kappa shape index (κ1) is 23.0. The van der Waals surface area contributed by atoms with Crippen LogP contribution in [0.25, 0.3) is 11.1 Å². The molecule has 7 heteroatoms. The number of rotatable bonds is 7. The predicted octanol–water partition coefficient (Wildman–Crippen LogP) is 4.66. The number of amides is 2. The molecule has 0 aromatic heterocycles. The van der Waals surface area contributed by atoms with Crippen LogP contribution in [-0.4, -0.2) is 42.8 Å². The van der Waals surface area contributed by atoms with E-state index >= 15 is 0 Å². The molecule has 0 unspecified atom stereocenters. The largest absolute Gasteiger partial charge is 0.478 e. The van der Waals surface area contributed by atoms with Crippen LogP contribution >= 0.6 is 0 Å². The fourth-order valence-corrected chi connectivity index (χ4v) is 4.33. The second kappa shape index (κ2) is 9.79. The Hall–Kier alpha value is -4.13. The summed E-state index contributed by atoms with van der Waals surface area (Å²) in [5.74, 6) is -1.51. The van der Waals surface area contributed by atoms with E-state index in [2.05, 4.69) is 17.4 Å². The Morgan fingerprint density at radius 2 is 1.59 bits per heavy atom. The molecular formula is C27H26N2O5. The summed E-state index contributed by atoms with van der Waals surface area (Å²) in [7, 11) is 1.55. The SMILES string of the molecule is CC[C@H](NC(=O)OCC1c2ccccc2-c2ccccc21)C(=O)N(C)c1cccc(C(=O)O)c1. The first-order valence-corrected chi connectivity index (χ1v) is 11.1. The van der Waals surface area contributed by atoms with Gasteiger partial charge in [-0.1, -0.05) is 61.5 Å². The van der Waals surface area contributed by atoms with E-state index in [-0.39, 0.29) is 24.0 Å². The van der Waals surface area contributed by atoms with E-state index in [1.54, 1.807) is 26.1 Å². The molecule has 2 amide bonds. The van der Waals surface area contributed by atoms with Crippen molar-refractivity contribution in [1.29, 1.82) is 0 Å². The molecule has 7 nitrogen and oxygen atoms in total. The Labute approximate surface area is 198 Å². The molecule has 1 atom stereocenters. The minimum Gasteiger partial charge on any atom is -0.478 e. The number of ether oxygens (including phenoxy) is 1. The fraction of sp³-hybridized carbons (Fsp3) is 0.222. The van der Waals surface area contributed by atoms with Gasteiger partial charge >= 0.3 is 12.1 Å². The van der Waals surface area contributed by atoms with Gasteiger partial charge in [-0.15, -0.1) is 0 Å². The van der Waals surface area contributed by atoms with Crippen molar-refractivity contribution in [1.82, 2.24) is 5.32 Å². The quantitative estimate of drug-likeness (QED) is 0.537. The maximum atomic E-state index is 13.0. The Bertz CT molecular complexity index is 1190. The average Bonchev–Trinajstić information content (AvgIpc) is 3.19. The molecule has 3 aromatic carbocycles. The lowest BCUT2D eigenvalue weighted by Crippen LogP contribution is -2.47. The Morgan fingerprint density at radius 3 is 2.18 bits per heavy atom. The van der Waals surface area contributed by atoms with E-state index in [1.807, 2.05) is 36.4 Å². The zero-order valence-electron chi connectivity index (χ0n) is 19.0. The highest BCUT2D eigenvalue weighted by atomic mass is 16.5. The topological polar surface area (TPSA) is 95.9 Å². The maximum absolute atomic E-state index is 13.0. The van der Waals surface area contributed by atoms with Crippen LogP contribution in [0.3, 0.4) is 0 Å². The molecule has 4 rings (SSSR count). The van der Waals surface area contributed by atoms with E-state index in [0.717, 1.165) is 22.3 Å². The molecule has 34 heavy (non-hydrogen) atoms. The number of fused-ring (bicyclic) bond motifs is 3. The molecule has 0 aliphatic heterocycles. The molecule has 174 valence electrons. The summed E-state index contributed by atoms with van der Waals surface area (Å²) >= 11 is 0. The standard InChI is InChI=1S/C27H26N2O5/c1-3-24(25(30)29(2)18-10-8-9-17(15-18)26(31)32)28-27(33)34-16-23-21-13-6-4-11-19(21)20-12-5-7-14-22(20)23/h4-15,23-24H,3,16H2,1-2H3,(H,28,33)(H,31,32)/t24-/m0/s1. The third-order valence-electron chi connectivity index (χ3n) is 6.15. The molecule has 0 heterocycles. The molecule has 1 aliphatic carbocycles. The Kier molecular flexibility index (Phi) is 6.63. The molecular weight excluding hydrogens is 432 g/mol. The number of carboxylic acid groups (broad SMARTS) is 1. The van der Waals surface area contributed by atoms with E-state index in [9.17, 15) is 19.5 Å². The number of nitrogens with zero attached hydrogens (tertiary/aromatic N) is 1. The van der Waals surface area contributed by atoms with Gasteiger partial charge in [0.15, 0.2) is 0 Å². The normalized spacial score (nSPS) is 12.9. The third kappa shape index (κ3) is 4.50. The number of carbonyl (C=O) groups is 3. The lowest BCUT2D eigenvalue weighted by atomic mass is 9.98. The number of aromatic carboxylic acids is 1. The number of anilines is 1. The number of carbonyl (C=O) groups excluding carboxylic acids is 2. The van der Waals surface area contributed by atoms with Gasteiger partial charge in [0.2, 0.25) is 5.91 Å². The van der Waals surface area contributed by atoms with Crippen LogP contribution in [0, 0.1) is 0 Å². The second-order valence-electron chi connectivity index (χ2n) is 8.18. The van der Waals surface area contributed by atoms with E-state index < -0.39 is 18.1 Å². The van der Waals surface area contributed by atoms with Gasteiger partial charge in [0.1, 0.15) is 12.6 Å². The summed E-state index contributed by atoms with van der Waals surface area (Å²) in [6, 6.07) is 21.4. The fourth-order valence-electron chi connectivity index (χ4n) is 4.33. The highest BCUT2D eigenvalue weighted by Gasteiger charge is 2.30. The first-order chi connectivity index (χ1) is 16.4. The van der Waals surface area contributed by atoms with E-state index in [0.29, 0.717) is 12.1 Å². The van der Waals surface area contributed by atoms with Crippen LogP contribution in [0.2, 0.25) is 0 Å². The highest BCUT2D eigenvalue weighted by molar-refractivity contribution is 5.99. The first-order valence-electron chi connectivity index (χ1n) is 11.1. The van der Waals surface area contributed by atoms with Crippen LogP contribution in [0.4, 0.5) is 10.5 Å². The molecule has 0 radical (unpaired) electrons. The molecule has 0 spiro atoms. The highest BCUT2D eigenvalue weighted by Crippen LogP contribution is 2.44. The molecule has 0 saturated carbocycles. The minimum atomic E-state index is -1.08. The summed E-state index contributed by atoms with van der Waals surface area (Å²) in [6.45, 7) is 1.94. The molecule has 1 aliphatic rings. The number of alkyl carbamates (subject to hydrolysis) is 1. The van der Waals surface area contributed by atoms with Crippen LogP contribution < -0.4 is 10.2 Å². The molecule has 0 bridgehead atoms. The lowest BCUT2D eigenvalue weighted by molar-refractivity contribution is -0.120. The average molecular weight is 459 g/mol. The molecule has 2 N–H and O–H groups in total. The van der Waals surface area contributed by atoms with Gasteiger partial charge < -0.3 is 20.1 Å². The Morgan fingerprint density at radius 1 is 0.971 bits per heavy atom. The summed E-state index contributed by atoms with van der Waals surface area (Å²) < 4.78 is 5.56. The second-order valence-corrected chi connectivity index (χ2v) is 8.18. The third-order valence-corrected chi connectivity index (χ3v) is 6.15. The zero-order chi connectivity index (χ0) is 24.2. The summed E-state index contributed by atoms with van der Waals surface area (Å²) in [5.41, 5.74) is 5.00. The van der Waals surface area contributed by atoms with Crippen LogP contribution in [0.15, 0.2) is 72.8 Å². The maximum Gasteiger partial charge on any atom is 0.407 e. The van der Waals surface area contributed by atoms with E-state index in [4.69, 9.17) is 4.74 Å². The van der Waals surface area contributed by atoms with Crippen LogP contribution in [0.5, 0.6) is 0 Å². The monoisotopic (exact) mass is 458 g/mol. The smallest absolute Gasteiger partial charge is 0.407 e. The minimum absolute atomic E-state index is 0.0737. The molecule has 0 fully saturated rings. The van der Waals surface area contributed by atoms with Crippen molar-refractivity contribution >= 4 is 23.7 Å². The summed E-state index contributed by atoms with van der Waals surface area (Å²) in [4.78, 5) is 38.2.